The lowest BCUT2D eigenvalue weighted by atomic mass is 10.1. The van der Waals surface area contributed by atoms with Gasteiger partial charge in [0.15, 0.2) is 0 Å². The highest BCUT2D eigenvalue weighted by molar-refractivity contribution is 5.94. The zero-order valence-electron chi connectivity index (χ0n) is 17.5. The number of carbonyl (C=O) groups excluding carboxylic acids is 1. The van der Waals surface area contributed by atoms with Crippen molar-refractivity contribution in [1.29, 1.82) is 0 Å². The number of nitrogens with one attached hydrogen (secondary N) is 2. The van der Waals surface area contributed by atoms with Gasteiger partial charge in [-0.05, 0) is 60.9 Å². The molecule has 158 valence electrons. The number of carbonyl (C=O) groups is 1. The third kappa shape index (κ3) is 5.87. The largest absolute Gasteiger partial charge is 0.456 e. The van der Waals surface area contributed by atoms with Crippen LogP contribution >= 0.6 is 0 Å². The summed E-state index contributed by atoms with van der Waals surface area (Å²) in [5.74, 6) is 7.51. The molecule has 0 aliphatic heterocycles. The van der Waals surface area contributed by atoms with Crippen molar-refractivity contribution in [3.63, 3.8) is 0 Å². The van der Waals surface area contributed by atoms with Gasteiger partial charge in [0.05, 0.1) is 11.8 Å². The summed E-state index contributed by atoms with van der Waals surface area (Å²) in [7, 11) is 0. The molecule has 0 bridgehead atoms. The molecule has 1 aromatic heterocycles. The monoisotopic (exact) mass is 421 g/mol. The highest BCUT2D eigenvalue weighted by Crippen LogP contribution is 2.26. The molecular weight excluding hydrogens is 398 g/mol. The minimum Gasteiger partial charge on any atom is -0.456 e. The Kier molecular flexibility index (Phi) is 6.97. The lowest BCUT2D eigenvalue weighted by Crippen LogP contribution is -2.24. The van der Waals surface area contributed by atoms with Gasteiger partial charge in [-0.1, -0.05) is 48.2 Å². The fraction of sp³-hybridized carbons (Fsp3) is 0.111. The van der Waals surface area contributed by atoms with E-state index < -0.39 is 0 Å². The molecule has 0 aliphatic carbocycles. The van der Waals surface area contributed by atoms with E-state index in [9.17, 15) is 4.79 Å². The third-order valence-corrected chi connectivity index (χ3v) is 4.81. The van der Waals surface area contributed by atoms with E-state index >= 15 is 0 Å². The second-order valence-corrected chi connectivity index (χ2v) is 7.21. The van der Waals surface area contributed by atoms with Crippen molar-refractivity contribution in [1.82, 2.24) is 15.5 Å². The van der Waals surface area contributed by atoms with E-state index in [4.69, 9.17) is 4.74 Å². The first-order chi connectivity index (χ1) is 15.8. The number of para-hydroxylation sites is 1. The van der Waals surface area contributed by atoms with Crippen LogP contribution in [0.4, 0.5) is 0 Å². The molecule has 0 fully saturated rings. The Morgan fingerprint density at radius 3 is 2.50 bits per heavy atom. The van der Waals surface area contributed by atoms with Gasteiger partial charge in [0.2, 0.25) is 0 Å². The first-order valence-electron chi connectivity index (χ1n) is 10.5. The van der Waals surface area contributed by atoms with Gasteiger partial charge in [0.1, 0.15) is 11.5 Å². The van der Waals surface area contributed by atoms with E-state index in [1.165, 1.54) is 0 Å². The Bertz CT molecular complexity index is 1210. The van der Waals surface area contributed by atoms with Crippen molar-refractivity contribution >= 4 is 5.91 Å². The lowest BCUT2D eigenvalue weighted by Gasteiger charge is -2.10. The van der Waals surface area contributed by atoms with Gasteiger partial charge in [0, 0.05) is 23.9 Å². The van der Waals surface area contributed by atoms with Crippen LogP contribution in [0.25, 0.3) is 0 Å². The molecule has 0 aliphatic rings. The first kappa shape index (κ1) is 21.0. The van der Waals surface area contributed by atoms with Crippen molar-refractivity contribution in [2.75, 3.05) is 6.54 Å². The molecule has 5 heteroatoms. The van der Waals surface area contributed by atoms with Crippen LogP contribution in [0.2, 0.25) is 0 Å². The molecular formula is C27H23N3O2. The maximum absolute atomic E-state index is 12.7. The number of amides is 1. The maximum atomic E-state index is 12.7. The van der Waals surface area contributed by atoms with E-state index in [1.807, 2.05) is 66.9 Å². The predicted molar refractivity (Wildman–Crippen MR) is 125 cm³/mol. The SMILES string of the molecule is O=C(NCCCc1cn[nH]c1)c1ccc(Oc2ccccc2)c(C#Cc2ccccc2)c1. The number of hydrogen-bond acceptors (Lipinski definition) is 3. The average molecular weight is 422 g/mol. The van der Waals surface area contributed by atoms with Crippen molar-refractivity contribution in [3.8, 4) is 23.3 Å². The quantitative estimate of drug-likeness (QED) is 0.327. The summed E-state index contributed by atoms with van der Waals surface area (Å²) >= 11 is 0. The highest BCUT2D eigenvalue weighted by atomic mass is 16.5. The molecule has 5 nitrogen and oxygen atoms in total. The fourth-order valence-electron chi connectivity index (χ4n) is 3.15. The summed E-state index contributed by atoms with van der Waals surface area (Å²) in [6.45, 7) is 0.581. The number of aromatic nitrogens is 2. The van der Waals surface area contributed by atoms with Gasteiger partial charge in [-0.15, -0.1) is 0 Å². The standard InChI is InChI=1S/C27H23N3O2/c31-27(28-17-7-10-22-19-29-30-20-22)24-15-16-26(32-25-11-5-2-6-12-25)23(18-24)14-13-21-8-3-1-4-9-21/h1-6,8-9,11-12,15-16,18-20H,7,10,17H2,(H,28,31)(H,29,30). The van der Waals surface area contributed by atoms with Gasteiger partial charge < -0.3 is 10.1 Å². The van der Waals surface area contributed by atoms with Crippen molar-refractivity contribution in [3.05, 3.63) is 114 Å². The number of hydrogen-bond donors (Lipinski definition) is 2. The third-order valence-electron chi connectivity index (χ3n) is 4.81. The van der Waals surface area contributed by atoms with Crippen molar-refractivity contribution in [2.24, 2.45) is 0 Å². The van der Waals surface area contributed by atoms with Gasteiger partial charge in [-0.2, -0.15) is 5.10 Å². The molecule has 0 atom stereocenters. The maximum Gasteiger partial charge on any atom is 0.251 e. The topological polar surface area (TPSA) is 67.0 Å². The van der Waals surface area contributed by atoms with Gasteiger partial charge in [0.25, 0.3) is 5.91 Å². The summed E-state index contributed by atoms with van der Waals surface area (Å²) in [6, 6.07) is 24.6. The number of nitrogens with zero attached hydrogens (tertiary/aromatic N) is 1. The minimum absolute atomic E-state index is 0.133. The lowest BCUT2D eigenvalue weighted by molar-refractivity contribution is 0.0953. The minimum atomic E-state index is -0.133. The zero-order valence-corrected chi connectivity index (χ0v) is 17.5. The molecule has 3 aromatic carbocycles. The van der Waals surface area contributed by atoms with Crippen molar-refractivity contribution in [2.45, 2.75) is 12.8 Å². The van der Waals surface area contributed by atoms with Crippen LogP contribution in [0.15, 0.2) is 91.3 Å². The van der Waals surface area contributed by atoms with Crippen LogP contribution in [-0.4, -0.2) is 22.6 Å². The first-order valence-corrected chi connectivity index (χ1v) is 10.5. The summed E-state index contributed by atoms with van der Waals surface area (Å²) in [6.07, 6.45) is 5.35. The molecule has 32 heavy (non-hydrogen) atoms. The second kappa shape index (κ2) is 10.6. The summed E-state index contributed by atoms with van der Waals surface area (Å²) in [5, 5.41) is 9.70. The van der Waals surface area contributed by atoms with E-state index in [0.717, 1.165) is 24.0 Å². The molecule has 0 radical (unpaired) electrons. The van der Waals surface area contributed by atoms with Crippen LogP contribution < -0.4 is 10.1 Å². The Hall–Kier alpha value is -4.30. The Balaban J connectivity index is 1.50. The van der Waals surface area contributed by atoms with Crippen molar-refractivity contribution < 1.29 is 9.53 Å². The number of benzene rings is 3. The second-order valence-electron chi connectivity index (χ2n) is 7.21. The van der Waals surface area contributed by atoms with Crippen LogP contribution in [-0.2, 0) is 6.42 Å². The molecule has 2 N–H and O–H groups in total. The van der Waals surface area contributed by atoms with Crippen LogP contribution in [0.5, 0.6) is 11.5 Å². The number of H-pyrrole nitrogens is 1. The smallest absolute Gasteiger partial charge is 0.251 e. The highest BCUT2D eigenvalue weighted by Gasteiger charge is 2.10. The Labute approximate surface area is 187 Å². The predicted octanol–water partition coefficient (Wildman–Crippen LogP) is 4.96. The van der Waals surface area contributed by atoms with E-state index in [1.54, 1.807) is 24.4 Å². The molecule has 0 saturated carbocycles. The molecule has 0 spiro atoms. The Morgan fingerprint density at radius 2 is 1.75 bits per heavy atom. The van der Waals surface area contributed by atoms with Crippen LogP contribution in [0.1, 0.15) is 33.5 Å². The van der Waals surface area contributed by atoms with Gasteiger partial charge in [-0.25, -0.2) is 0 Å². The number of rotatable bonds is 7. The van der Waals surface area contributed by atoms with E-state index in [-0.39, 0.29) is 5.91 Å². The Morgan fingerprint density at radius 1 is 0.969 bits per heavy atom. The summed E-state index contributed by atoms with van der Waals surface area (Å²) in [4.78, 5) is 12.7. The number of aromatic amines is 1. The zero-order chi connectivity index (χ0) is 22.0. The number of ether oxygens (including phenoxy) is 1. The number of aryl methyl sites for hydroxylation is 1. The van der Waals surface area contributed by atoms with E-state index in [0.29, 0.717) is 29.2 Å². The van der Waals surface area contributed by atoms with Gasteiger partial charge in [-0.3, -0.25) is 9.89 Å². The van der Waals surface area contributed by atoms with Gasteiger partial charge >= 0.3 is 0 Å². The molecule has 0 saturated heterocycles. The van der Waals surface area contributed by atoms with Crippen LogP contribution in [0, 0.1) is 11.8 Å². The molecule has 0 unspecified atom stereocenters. The normalized spacial score (nSPS) is 10.1. The molecule has 1 heterocycles. The summed E-state index contributed by atoms with van der Waals surface area (Å²) in [5.41, 5.74) is 3.22. The summed E-state index contributed by atoms with van der Waals surface area (Å²) < 4.78 is 6.03. The molecule has 1 amide bonds. The average Bonchev–Trinajstić information content (AvgIpc) is 3.36. The fourth-order valence-corrected chi connectivity index (χ4v) is 3.15. The van der Waals surface area contributed by atoms with Crippen LogP contribution in [0.3, 0.4) is 0 Å². The van der Waals surface area contributed by atoms with E-state index in [2.05, 4.69) is 27.4 Å². The molecule has 4 aromatic rings. The molecule has 4 rings (SSSR count).